The Hall–Kier alpha value is -2.15. The Morgan fingerprint density at radius 1 is 0.550 bits per heavy atom. The molecule has 0 fully saturated rings. The third-order valence-electron chi connectivity index (χ3n) is 8.27. The van der Waals surface area contributed by atoms with Gasteiger partial charge in [-0.05, 0) is 0 Å². The molecule has 2 aliphatic heterocycles. The molecule has 9 rings (SSSR count). The number of allylic oxidation sites excluding steroid dienone is 2. The van der Waals surface area contributed by atoms with Gasteiger partial charge in [0.25, 0.3) is 0 Å². The van der Waals surface area contributed by atoms with Crippen molar-refractivity contribution in [1.29, 1.82) is 0 Å². The quantitative estimate of drug-likeness (QED) is 0.161. The Morgan fingerprint density at radius 2 is 1.18 bits per heavy atom. The first kappa shape index (κ1) is 25.6. The largest absolute Gasteiger partial charge is 1.00 e. The third-order valence-corrected chi connectivity index (χ3v) is 15.7. The van der Waals surface area contributed by atoms with Gasteiger partial charge < -0.3 is 2.85 Å². The molecule has 0 N–H and O–H groups in total. The molecule has 3 atom stereocenters. The fraction of sp³-hybridized carbons (Fsp3) is 0.0556. The zero-order valence-corrected chi connectivity index (χ0v) is 28.0. The molecule has 0 saturated carbocycles. The predicted molar refractivity (Wildman–Crippen MR) is 175 cm³/mol. The van der Waals surface area contributed by atoms with Gasteiger partial charge in [0.1, 0.15) is 0 Å². The molecular formula is C36H25Br2PZr. The van der Waals surface area contributed by atoms with E-state index in [0.717, 1.165) is 0 Å². The van der Waals surface area contributed by atoms with E-state index in [1.165, 1.54) is 58.2 Å². The van der Waals surface area contributed by atoms with Gasteiger partial charge >= 0.3 is 267 Å². The van der Waals surface area contributed by atoms with Gasteiger partial charge in [-0.2, -0.15) is 0 Å². The van der Waals surface area contributed by atoms with E-state index in [-0.39, 0.29) is 2.85 Å². The first-order chi connectivity index (χ1) is 19.7. The van der Waals surface area contributed by atoms with Gasteiger partial charge in [-0.1, -0.05) is 0 Å². The van der Waals surface area contributed by atoms with Crippen LogP contribution in [0.5, 0.6) is 0 Å². The average molecular weight is 740 g/mol. The van der Waals surface area contributed by atoms with Crippen LogP contribution in [0.15, 0.2) is 131 Å². The molecule has 5 aromatic carbocycles. The Kier molecular flexibility index (Phi) is 6.57. The molecular weight excluding hydrogens is 714 g/mol. The van der Waals surface area contributed by atoms with Gasteiger partial charge in [0.05, 0.1) is 0 Å². The maximum Gasteiger partial charge on any atom is -1.00 e. The van der Waals surface area contributed by atoms with E-state index < -0.39 is 31.2 Å². The van der Waals surface area contributed by atoms with Crippen LogP contribution in [-0.4, -0.2) is 0 Å². The Bertz CT molecular complexity index is 1850. The second kappa shape index (κ2) is 10.3. The molecule has 6 bridgehead atoms. The van der Waals surface area contributed by atoms with Gasteiger partial charge in [-0.15, -0.1) is 0 Å². The predicted octanol–water partition coefficient (Wildman–Crippen LogP) is 9.26. The molecule has 3 unspecified atom stereocenters. The van der Waals surface area contributed by atoms with Gasteiger partial charge in [-0.3, -0.25) is 0 Å². The molecule has 2 aliphatic carbocycles. The van der Waals surface area contributed by atoms with Crippen LogP contribution in [0.25, 0.3) is 12.2 Å². The minimum absolute atomic E-state index is 0. The molecule has 0 radical (unpaired) electrons. The summed E-state index contributed by atoms with van der Waals surface area (Å²) in [6.07, 6.45) is 5.13. The van der Waals surface area contributed by atoms with Crippen LogP contribution in [0.2, 0.25) is 0 Å². The molecule has 4 heteroatoms. The van der Waals surface area contributed by atoms with Gasteiger partial charge in [0.15, 0.2) is 0 Å². The summed E-state index contributed by atoms with van der Waals surface area (Å²) in [5.74, 6) is 0.642. The fourth-order valence-electron chi connectivity index (χ4n) is 6.56. The zero-order chi connectivity index (χ0) is 26.8. The van der Waals surface area contributed by atoms with E-state index in [1.807, 2.05) is 0 Å². The molecule has 4 aliphatic rings. The van der Waals surface area contributed by atoms with E-state index in [1.54, 1.807) is 6.56 Å². The van der Waals surface area contributed by atoms with Crippen molar-refractivity contribution >= 4 is 67.8 Å². The summed E-state index contributed by atoms with van der Waals surface area (Å²) in [5.41, 5.74) is 8.54. The van der Waals surface area contributed by atoms with E-state index >= 15 is 0 Å². The molecule has 40 heavy (non-hydrogen) atoms. The first-order valence-electron chi connectivity index (χ1n) is 13.5. The Balaban J connectivity index is 0.00000158. The van der Waals surface area contributed by atoms with E-state index in [4.69, 9.17) is 0 Å². The average Bonchev–Trinajstić information content (AvgIpc) is 3.57. The second-order valence-corrected chi connectivity index (χ2v) is 17.8. The number of hydrogen-bond acceptors (Lipinski definition) is 0. The second-order valence-electron chi connectivity index (χ2n) is 10.5. The summed E-state index contributed by atoms with van der Waals surface area (Å²) >= 11 is 6.78. The van der Waals surface area contributed by atoms with Crippen molar-refractivity contribution in [1.82, 2.24) is 0 Å². The standard InChI is InChI=1S/C21H13BrP.C15H10Br.Zr.2H/c22-19-12-13-20-18-11-10-17(21(18)19)14-6-8-16(9-7-14)23(20)15-4-2-1-3-5-15;16-14-8-4-7-12-9-10-13(15(12)14)11-5-2-1-3-6-11;;;/h1-9,11-13,17H;1-9,13H;;;/q;;+2;2*-1. The smallest absolute Gasteiger partial charge is 1.00 e. The van der Waals surface area contributed by atoms with Crippen molar-refractivity contribution in [3.05, 3.63) is 164 Å². The van der Waals surface area contributed by atoms with E-state index in [2.05, 4.69) is 159 Å². The van der Waals surface area contributed by atoms with Crippen molar-refractivity contribution < 1.29 is 26.1 Å². The monoisotopic (exact) mass is 736 g/mol. The first-order valence-corrected chi connectivity index (χ1v) is 18.9. The van der Waals surface area contributed by atoms with Crippen LogP contribution in [0, 0.1) is 0 Å². The maximum atomic E-state index is 4.01. The van der Waals surface area contributed by atoms with Crippen LogP contribution in [0.1, 0.15) is 48.1 Å². The summed E-state index contributed by atoms with van der Waals surface area (Å²) in [7, 11) is -0.630. The van der Waals surface area contributed by atoms with Crippen LogP contribution in [-0.2, 0) is 23.2 Å². The molecule has 5 aromatic rings. The van der Waals surface area contributed by atoms with Crippen molar-refractivity contribution in [2.24, 2.45) is 0 Å². The van der Waals surface area contributed by atoms with E-state index in [0.29, 0.717) is 11.8 Å². The summed E-state index contributed by atoms with van der Waals surface area (Å²) in [5, 5.41) is 4.33. The summed E-state index contributed by atoms with van der Waals surface area (Å²) in [6, 6.07) is 43.2. The molecule has 0 saturated heterocycles. The third kappa shape index (κ3) is 4.12. The number of hydrogen-bond donors (Lipinski definition) is 0. The number of benzene rings is 5. The summed E-state index contributed by atoms with van der Waals surface area (Å²) < 4.78 is 5.74. The van der Waals surface area contributed by atoms with Gasteiger partial charge in [0, 0.05) is 0 Å². The summed E-state index contributed by atoms with van der Waals surface area (Å²) in [4.78, 5) is 0. The van der Waals surface area contributed by atoms with Crippen LogP contribution in [0.3, 0.4) is 0 Å². The zero-order valence-electron chi connectivity index (χ0n) is 23.5. The van der Waals surface area contributed by atoms with Crippen LogP contribution < -0.4 is 15.9 Å². The van der Waals surface area contributed by atoms with E-state index in [9.17, 15) is 0 Å². The Labute approximate surface area is 267 Å². The molecule has 2 heterocycles. The minimum atomic E-state index is -1.15. The number of halogens is 2. The van der Waals surface area contributed by atoms with Gasteiger partial charge in [0.2, 0.25) is 0 Å². The van der Waals surface area contributed by atoms with Gasteiger partial charge in [-0.25, -0.2) is 0 Å². The molecule has 0 nitrogen and oxygen atoms in total. The van der Waals surface area contributed by atoms with Crippen molar-refractivity contribution in [2.45, 2.75) is 11.8 Å². The number of rotatable bonds is 4. The Morgan fingerprint density at radius 3 is 1.95 bits per heavy atom. The van der Waals surface area contributed by atoms with Crippen molar-refractivity contribution in [2.75, 3.05) is 0 Å². The molecule has 0 amide bonds. The van der Waals surface area contributed by atoms with Crippen molar-refractivity contribution in [3.8, 4) is 0 Å². The van der Waals surface area contributed by atoms with Crippen molar-refractivity contribution in [3.63, 3.8) is 0 Å². The molecule has 192 valence electrons. The fourth-order valence-corrected chi connectivity index (χ4v) is 14.3. The molecule has 0 aromatic heterocycles. The topological polar surface area (TPSA) is 0 Å². The number of fused-ring (bicyclic) bond motifs is 3. The van der Waals surface area contributed by atoms with Crippen LogP contribution in [0.4, 0.5) is 0 Å². The molecule has 0 spiro atoms. The van der Waals surface area contributed by atoms with Crippen LogP contribution >= 0.6 is 39.8 Å². The SMILES string of the molecule is Brc1cccc2c1C(c1ccccc1)[C]([Zr+2][C]1=Cc3c4ccc(Br)c3C1c1ccc(cc1)P4c1ccccc1)=C2.[H-].[H-]. The normalized spacial score (nSPS) is 19.7. The maximum absolute atomic E-state index is 4.01. The summed E-state index contributed by atoms with van der Waals surface area (Å²) in [6.45, 7) is 0. The minimum Gasteiger partial charge on any atom is -1.00 e.